The molecule has 1 nitrogen and oxygen atoms in total. The van der Waals surface area contributed by atoms with Crippen LogP contribution in [0.2, 0.25) is 0 Å². The zero-order chi connectivity index (χ0) is 31.6. The molecule has 0 aliphatic carbocycles. The maximum Gasteiger partial charge on any atom is 0.0640 e. The molecule has 0 spiro atoms. The van der Waals surface area contributed by atoms with E-state index in [2.05, 4.69) is 181 Å². The molecule has 0 N–H and O–H groups in total. The summed E-state index contributed by atoms with van der Waals surface area (Å²) in [7, 11) is 0. The van der Waals surface area contributed by atoms with Crippen molar-refractivity contribution in [1.29, 1.82) is 0 Å². The number of fused-ring (bicyclic) bond motifs is 9. The minimum atomic E-state index is 1.14. The summed E-state index contributed by atoms with van der Waals surface area (Å²) in [5, 5.41) is 12.7. The first-order chi connectivity index (χ1) is 23.8. The summed E-state index contributed by atoms with van der Waals surface area (Å²) in [4.78, 5) is 2.49. The van der Waals surface area contributed by atoms with Gasteiger partial charge in [0, 0.05) is 26.7 Å². The monoisotopic (exact) mass is 627 g/mol. The molecule has 0 atom stereocenters. The molecule has 48 heavy (non-hydrogen) atoms. The Labute approximate surface area is 282 Å². The molecule has 10 rings (SSSR count). The van der Waals surface area contributed by atoms with Crippen molar-refractivity contribution in [3.8, 4) is 11.1 Å². The van der Waals surface area contributed by atoms with E-state index in [4.69, 9.17) is 0 Å². The third kappa shape index (κ3) is 4.17. The first kappa shape index (κ1) is 27.2. The van der Waals surface area contributed by atoms with E-state index in [-0.39, 0.29) is 0 Å². The van der Waals surface area contributed by atoms with E-state index in [1.54, 1.807) is 0 Å². The van der Waals surface area contributed by atoms with Gasteiger partial charge in [-0.15, -0.1) is 11.3 Å². The van der Waals surface area contributed by atoms with Crippen LogP contribution >= 0.6 is 11.3 Å². The van der Waals surface area contributed by atoms with E-state index < -0.39 is 0 Å². The number of rotatable bonds is 4. The SMILES string of the molecule is c1ccc(N(c2ccc3ccccc3c2)c2cccc3c2sc2c4ccccc4ccc32)c(-c2cc3ccccc3c3ccccc23)c1. The molecule has 224 valence electrons. The van der Waals surface area contributed by atoms with Crippen LogP contribution in [0, 0.1) is 0 Å². The highest BCUT2D eigenvalue weighted by Crippen LogP contribution is 2.49. The highest BCUT2D eigenvalue weighted by atomic mass is 32.1. The number of hydrogen-bond acceptors (Lipinski definition) is 2. The Morgan fingerprint density at radius 3 is 1.79 bits per heavy atom. The van der Waals surface area contributed by atoms with Gasteiger partial charge in [0.2, 0.25) is 0 Å². The zero-order valence-electron chi connectivity index (χ0n) is 26.1. The van der Waals surface area contributed by atoms with Crippen LogP contribution in [0.15, 0.2) is 176 Å². The molecule has 1 heterocycles. The van der Waals surface area contributed by atoms with Crippen molar-refractivity contribution < 1.29 is 0 Å². The molecule has 10 aromatic rings. The molecular formula is C46H29NS. The molecule has 0 bridgehead atoms. The zero-order valence-corrected chi connectivity index (χ0v) is 26.9. The number of anilines is 3. The number of para-hydroxylation sites is 1. The molecule has 1 aromatic heterocycles. The van der Waals surface area contributed by atoms with Crippen molar-refractivity contribution in [2.75, 3.05) is 4.90 Å². The summed E-state index contributed by atoms with van der Waals surface area (Å²) in [5.74, 6) is 0. The molecule has 0 saturated heterocycles. The Morgan fingerprint density at radius 1 is 0.312 bits per heavy atom. The standard InChI is InChI=1S/C46H29NS/c1-2-14-32-28-34(26-24-30(32)12-1)47(44-23-11-21-40-41-27-25-31-13-3-6-17-36(31)45(41)48-46(40)44)43-22-10-9-20-39(43)42-29-33-15-4-5-16-35(33)37-18-7-8-19-38(37)42/h1-29H. The summed E-state index contributed by atoms with van der Waals surface area (Å²) in [6, 6.07) is 64.5. The molecule has 0 radical (unpaired) electrons. The average molecular weight is 628 g/mol. The van der Waals surface area contributed by atoms with Gasteiger partial charge in [-0.2, -0.15) is 0 Å². The van der Waals surface area contributed by atoms with Crippen LogP contribution in [0.1, 0.15) is 0 Å². The van der Waals surface area contributed by atoms with Crippen molar-refractivity contribution in [1.82, 2.24) is 0 Å². The Kier molecular flexibility index (Phi) is 6.12. The molecule has 0 unspecified atom stereocenters. The van der Waals surface area contributed by atoms with Gasteiger partial charge in [-0.3, -0.25) is 0 Å². The maximum absolute atomic E-state index is 2.49. The lowest BCUT2D eigenvalue weighted by atomic mass is 9.92. The maximum atomic E-state index is 2.49. The first-order valence-electron chi connectivity index (χ1n) is 16.4. The normalized spacial score (nSPS) is 11.8. The van der Waals surface area contributed by atoms with E-state index in [9.17, 15) is 0 Å². The number of benzene rings is 9. The van der Waals surface area contributed by atoms with Gasteiger partial charge in [-0.25, -0.2) is 0 Å². The van der Waals surface area contributed by atoms with E-state index in [1.807, 2.05) is 11.3 Å². The Bertz CT molecular complexity index is 2860. The number of thiophene rings is 1. The average Bonchev–Trinajstić information content (AvgIpc) is 3.55. The second-order valence-corrected chi connectivity index (χ2v) is 13.5. The van der Waals surface area contributed by atoms with Crippen LogP contribution in [0.5, 0.6) is 0 Å². The molecule has 0 aliphatic heterocycles. The second kappa shape index (κ2) is 10.8. The lowest BCUT2D eigenvalue weighted by molar-refractivity contribution is 1.31. The lowest BCUT2D eigenvalue weighted by Crippen LogP contribution is -2.11. The van der Waals surface area contributed by atoms with Crippen LogP contribution in [0.4, 0.5) is 17.1 Å². The topological polar surface area (TPSA) is 3.24 Å². The molecular weight excluding hydrogens is 599 g/mol. The van der Waals surface area contributed by atoms with E-state index in [1.165, 1.54) is 80.1 Å². The molecule has 0 aliphatic rings. The highest BCUT2D eigenvalue weighted by Gasteiger charge is 2.22. The molecule has 2 heteroatoms. The van der Waals surface area contributed by atoms with Gasteiger partial charge in [-0.05, 0) is 79.0 Å². The summed E-state index contributed by atoms with van der Waals surface area (Å²) in [5.41, 5.74) is 5.92. The quantitative estimate of drug-likeness (QED) is 0.176. The summed E-state index contributed by atoms with van der Waals surface area (Å²) in [6.07, 6.45) is 0. The van der Waals surface area contributed by atoms with E-state index in [0.717, 1.165) is 11.4 Å². The van der Waals surface area contributed by atoms with Gasteiger partial charge < -0.3 is 4.90 Å². The third-order valence-corrected chi connectivity index (χ3v) is 11.1. The van der Waals surface area contributed by atoms with Crippen molar-refractivity contribution >= 4 is 91.7 Å². The fourth-order valence-corrected chi connectivity index (χ4v) is 8.92. The number of hydrogen-bond donors (Lipinski definition) is 0. The second-order valence-electron chi connectivity index (χ2n) is 12.5. The van der Waals surface area contributed by atoms with Gasteiger partial charge in [0.25, 0.3) is 0 Å². The molecule has 0 fully saturated rings. The minimum absolute atomic E-state index is 1.14. The number of nitrogens with zero attached hydrogens (tertiary/aromatic N) is 1. The third-order valence-electron chi connectivity index (χ3n) is 9.80. The minimum Gasteiger partial charge on any atom is -0.308 e. The fraction of sp³-hybridized carbons (Fsp3) is 0. The Morgan fingerprint density at radius 2 is 0.917 bits per heavy atom. The van der Waals surface area contributed by atoms with Crippen LogP contribution in [0.3, 0.4) is 0 Å². The van der Waals surface area contributed by atoms with Crippen LogP contribution in [-0.2, 0) is 0 Å². The Hall–Kier alpha value is -5.96. The van der Waals surface area contributed by atoms with Gasteiger partial charge in [-0.1, -0.05) is 146 Å². The van der Waals surface area contributed by atoms with Crippen molar-refractivity contribution in [2.45, 2.75) is 0 Å². The predicted molar refractivity (Wildman–Crippen MR) is 209 cm³/mol. The lowest BCUT2D eigenvalue weighted by Gasteiger charge is -2.29. The summed E-state index contributed by atoms with van der Waals surface area (Å²) < 4.78 is 2.62. The first-order valence-corrected chi connectivity index (χ1v) is 17.3. The van der Waals surface area contributed by atoms with Gasteiger partial charge >= 0.3 is 0 Å². The molecule has 0 saturated carbocycles. The van der Waals surface area contributed by atoms with Crippen molar-refractivity contribution in [2.24, 2.45) is 0 Å². The molecule has 0 amide bonds. The van der Waals surface area contributed by atoms with Crippen molar-refractivity contribution in [3.05, 3.63) is 176 Å². The largest absolute Gasteiger partial charge is 0.308 e. The van der Waals surface area contributed by atoms with Gasteiger partial charge in [0.15, 0.2) is 0 Å². The highest BCUT2D eigenvalue weighted by molar-refractivity contribution is 7.27. The summed E-state index contributed by atoms with van der Waals surface area (Å²) >= 11 is 1.90. The fourth-order valence-electron chi connectivity index (χ4n) is 7.58. The smallest absolute Gasteiger partial charge is 0.0640 e. The van der Waals surface area contributed by atoms with Crippen molar-refractivity contribution in [3.63, 3.8) is 0 Å². The van der Waals surface area contributed by atoms with Crippen LogP contribution in [-0.4, -0.2) is 0 Å². The van der Waals surface area contributed by atoms with E-state index in [0.29, 0.717) is 0 Å². The molecule has 9 aromatic carbocycles. The van der Waals surface area contributed by atoms with Gasteiger partial charge in [0.1, 0.15) is 0 Å². The Balaban J connectivity index is 1.30. The van der Waals surface area contributed by atoms with Crippen LogP contribution in [0.25, 0.3) is 74.4 Å². The summed E-state index contributed by atoms with van der Waals surface area (Å²) in [6.45, 7) is 0. The van der Waals surface area contributed by atoms with E-state index >= 15 is 0 Å². The predicted octanol–water partition coefficient (Wildman–Crippen LogP) is 13.8. The van der Waals surface area contributed by atoms with Gasteiger partial charge in [0.05, 0.1) is 16.1 Å². The van der Waals surface area contributed by atoms with Crippen LogP contribution < -0.4 is 4.90 Å².